The van der Waals surface area contributed by atoms with Gasteiger partial charge in [-0.25, -0.2) is 0 Å². The second-order valence-corrected chi connectivity index (χ2v) is 5.83. The predicted octanol–water partition coefficient (Wildman–Crippen LogP) is 1.42. The summed E-state index contributed by atoms with van der Waals surface area (Å²) in [6.45, 7) is 3.75. The first-order valence-electron chi connectivity index (χ1n) is 7.13. The fourth-order valence-electron chi connectivity index (χ4n) is 3.43. The molecule has 0 bridgehead atoms. The molecular formula is C14H25NO3. The number of ether oxygens (including phenoxy) is 1. The van der Waals surface area contributed by atoms with Crippen molar-refractivity contribution in [3.8, 4) is 0 Å². The summed E-state index contributed by atoms with van der Waals surface area (Å²) in [5.41, 5.74) is 0. The third-order valence-corrected chi connectivity index (χ3v) is 4.56. The van der Waals surface area contributed by atoms with Crippen LogP contribution < -0.4 is 0 Å². The van der Waals surface area contributed by atoms with Crippen LogP contribution in [0.15, 0.2) is 0 Å². The molecule has 1 aliphatic carbocycles. The Morgan fingerprint density at radius 2 is 1.94 bits per heavy atom. The zero-order valence-electron chi connectivity index (χ0n) is 11.5. The molecule has 0 amide bonds. The molecule has 2 aliphatic rings. The lowest BCUT2D eigenvalue weighted by Gasteiger charge is -2.30. The van der Waals surface area contributed by atoms with Gasteiger partial charge in [0.2, 0.25) is 0 Å². The molecule has 1 N–H and O–H groups in total. The highest BCUT2D eigenvalue weighted by Gasteiger charge is 2.40. The molecule has 104 valence electrons. The van der Waals surface area contributed by atoms with Gasteiger partial charge in [0.25, 0.3) is 0 Å². The number of aliphatic hydroxyl groups excluding tert-OH is 1. The smallest absolute Gasteiger partial charge is 0.310 e. The molecule has 2 rings (SSSR count). The first-order valence-corrected chi connectivity index (χ1v) is 7.13. The lowest BCUT2D eigenvalue weighted by Crippen LogP contribution is -2.42. The van der Waals surface area contributed by atoms with E-state index in [1.54, 1.807) is 0 Å². The summed E-state index contributed by atoms with van der Waals surface area (Å²) >= 11 is 0. The highest BCUT2D eigenvalue weighted by Crippen LogP contribution is 2.30. The topological polar surface area (TPSA) is 49.8 Å². The van der Waals surface area contributed by atoms with Gasteiger partial charge in [-0.2, -0.15) is 0 Å². The molecule has 1 heterocycles. The summed E-state index contributed by atoms with van der Waals surface area (Å²) in [5.74, 6) is 0.200. The van der Waals surface area contributed by atoms with Gasteiger partial charge in [-0.3, -0.25) is 9.69 Å². The molecule has 4 unspecified atom stereocenters. The van der Waals surface area contributed by atoms with Gasteiger partial charge in [-0.1, -0.05) is 26.2 Å². The standard InChI is InChI=1S/C14H25NO3/c1-10-8-15(9-11(10)14(17)18-2)12-6-4-3-5-7-13(12)16/h10-13,16H,3-9H2,1-2H3. The van der Waals surface area contributed by atoms with Gasteiger partial charge in [-0.05, 0) is 18.8 Å². The Labute approximate surface area is 109 Å². The Hall–Kier alpha value is -0.610. The maximum Gasteiger partial charge on any atom is 0.310 e. The van der Waals surface area contributed by atoms with Crippen LogP contribution in [0.25, 0.3) is 0 Å². The van der Waals surface area contributed by atoms with Gasteiger partial charge >= 0.3 is 5.97 Å². The van der Waals surface area contributed by atoms with Gasteiger partial charge in [0.1, 0.15) is 0 Å². The van der Waals surface area contributed by atoms with Crippen LogP contribution in [0.1, 0.15) is 39.0 Å². The van der Waals surface area contributed by atoms with E-state index in [9.17, 15) is 9.90 Å². The summed E-state index contributed by atoms with van der Waals surface area (Å²) in [7, 11) is 1.46. The van der Waals surface area contributed by atoms with E-state index in [1.807, 2.05) is 0 Å². The van der Waals surface area contributed by atoms with Crippen LogP contribution in [0.2, 0.25) is 0 Å². The maximum atomic E-state index is 11.7. The van der Waals surface area contributed by atoms with Crippen molar-refractivity contribution in [3.05, 3.63) is 0 Å². The number of hydrogen-bond acceptors (Lipinski definition) is 4. The van der Waals surface area contributed by atoms with Crippen molar-refractivity contribution in [1.29, 1.82) is 0 Å². The Morgan fingerprint density at radius 1 is 1.22 bits per heavy atom. The second kappa shape index (κ2) is 6.02. The Balaban J connectivity index is 1.99. The molecule has 4 nitrogen and oxygen atoms in total. The Morgan fingerprint density at radius 3 is 2.67 bits per heavy atom. The number of likely N-dealkylation sites (tertiary alicyclic amines) is 1. The van der Waals surface area contributed by atoms with Crippen LogP contribution in [0.3, 0.4) is 0 Å². The molecule has 4 atom stereocenters. The van der Waals surface area contributed by atoms with Crippen molar-refractivity contribution in [1.82, 2.24) is 4.90 Å². The number of esters is 1. The molecule has 1 aliphatic heterocycles. The number of aliphatic hydroxyl groups is 1. The van der Waals surface area contributed by atoms with E-state index < -0.39 is 0 Å². The summed E-state index contributed by atoms with van der Waals surface area (Å²) < 4.78 is 4.86. The molecule has 0 radical (unpaired) electrons. The van der Waals surface area contributed by atoms with Crippen molar-refractivity contribution >= 4 is 5.97 Å². The van der Waals surface area contributed by atoms with E-state index in [0.717, 1.165) is 32.4 Å². The van der Waals surface area contributed by atoms with Crippen molar-refractivity contribution < 1.29 is 14.6 Å². The van der Waals surface area contributed by atoms with Crippen molar-refractivity contribution in [2.45, 2.75) is 51.2 Å². The first-order chi connectivity index (χ1) is 8.63. The molecule has 0 aromatic carbocycles. The van der Waals surface area contributed by atoms with Crippen LogP contribution in [-0.2, 0) is 9.53 Å². The number of hydrogen-bond donors (Lipinski definition) is 1. The number of carbonyl (C=O) groups is 1. The fraction of sp³-hybridized carbons (Fsp3) is 0.929. The molecule has 4 heteroatoms. The molecule has 1 saturated heterocycles. The van der Waals surface area contributed by atoms with Crippen LogP contribution in [-0.4, -0.2) is 48.3 Å². The minimum absolute atomic E-state index is 0.0227. The normalized spacial score (nSPS) is 38.4. The molecule has 0 spiro atoms. The van der Waals surface area contributed by atoms with Gasteiger partial charge < -0.3 is 9.84 Å². The molecular weight excluding hydrogens is 230 g/mol. The fourth-order valence-corrected chi connectivity index (χ4v) is 3.43. The van der Waals surface area contributed by atoms with E-state index in [4.69, 9.17) is 4.74 Å². The largest absolute Gasteiger partial charge is 0.469 e. The van der Waals surface area contributed by atoms with Gasteiger partial charge in [0.05, 0.1) is 19.1 Å². The minimum Gasteiger partial charge on any atom is -0.469 e. The van der Waals surface area contributed by atoms with Crippen molar-refractivity contribution in [2.75, 3.05) is 20.2 Å². The highest BCUT2D eigenvalue weighted by atomic mass is 16.5. The van der Waals surface area contributed by atoms with Gasteiger partial charge in [0.15, 0.2) is 0 Å². The lowest BCUT2D eigenvalue weighted by atomic mass is 9.99. The van der Waals surface area contributed by atoms with E-state index in [0.29, 0.717) is 5.92 Å². The third kappa shape index (κ3) is 2.86. The van der Waals surface area contributed by atoms with E-state index in [2.05, 4.69) is 11.8 Å². The van der Waals surface area contributed by atoms with Crippen molar-refractivity contribution in [2.24, 2.45) is 11.8 Å². The number of nitrogens with zero attached hydrogens (tertiary/aromatic N) is 1. The lowest BCUT2D eigenvalue weighted by molar-refractivity contribution is -0.146. The Kier molecular flexibility index (Phi) is 4.62. The predicted molar refractivity (Wildman–Crippen MR) is 69.1 cm³/mol. The molecule has 1 saturated carbocycles. The van der Waals surface area contributed by atoms with Crippen LogP contribution in [0, 0.1) is 11.8 Å². The average molecular weight is 255 g/mol. The molecule has 18 heavy (non-hydrogen) atoms. The SMILES string of the molecule is COC(=O)C1CN(C2CCCCCC2O)CC1C. The van der Waals surface area contributed by atoms with Crippen molar-refractivity contribution in [3.63, 3.8) is 0 Å². The third-order valence-electron chi connectivity index (χ3n) is 4.56. The summed E-state index contributed by atoms with van der Waals surface area (Å²) in [4.78, 5) is 14.0. The summed E-state index contributed by atoms with van der Waals surface area (Å²) in [6.07, 6.45) is 5.27. The molecule has 0 aromatic rings. The van der Waals surface area contributed by atoms with E-state index in [1.165, 1.54) is 20.0 Å². The molecule has 0 aromatic heterocycles. The van der Waals surface area contributed by atoms with Crippen LogP contribution >= 0.6 is 0 Å². The Bertz CT molecular complexity index is 295. The number of carbonyl (C=O) groups excluding carboxylic acids is 1. The van der Waals surface area contributed by atoms with Crippen LogP contribution in [0.4, 0.5) is 0 Å². The average Bonchev–Trinajstić information content (AvgIpc) is 2.60. The number of methoxy groups -OCH3 is 1. The van der Waals surface area contributed by atoms with Gasteiger partial charge in [0, 0.05) is 19.1 Å². The second-order valence-electron chi connectivity index (χ2n) is 5.83. The zero-order valence-corrected chi connectivity index (χ0v) is 11.5. The van der Waals surface area contributed by atoms with Crippen LogP contribution in [0.5, 0.6) is 0 Å². The zero-order chi connectivity index (χ0) is 13.1. The molecule has 2 fully saturated rings. The minimum atomic E-state index is -0.226. The quantitative estimate of drug-likeness (QED) is 0.599. The van der Waals surface area contributed by atoms with E-state index >= 15 is 0 Å². The summed E-state index contributed by atoms with van der Waals surface area (Å²) in [6, 6.07) is 0.240. The highest BCUT2D eigenvalue weighted by molar-refractivity contribution is 5.73. The monoisotopic (exact) mass is 255 g/mol. The number of rotatable bonds is 2. The first kappa shape index (κ1) is 13.8. The van der Waals surface area contributed by atoms with E-state index in [-0.39, 0.29) is 24.0 Å². The maximum absolute atomic E-state index is 11.7. The summed E-state index contributed by atoms with van der Waals surface area (Å²) in [5, 5.41) is 10.2. The van der Waals surface area contributed by atoms with Gasteiger partial charge in [-0.15, -0.1) is 0 Å².